The molecule has 0 spiro atoms. The molecule has 5 heteroatoms. The summed E-state index contributed by atoms with van der Waals surface area (Å²) in [6, 6.07) is 0.478. The second kappa shape index (κ2) is 6.80. The molecule has 1 rings (SSSR count). The van der Waals surface area contributed by atoms with Crippen LogP contribution in [0.2, 0.25) is 0 Å². The fraction of sp³-hybridized carbons (Fsp3) is 0.800. The Morgan fingerprint density at radius 1 is 1.60 bits per heavy atom. The van der Waals surface area contributed by atoms with Gasteiger partial charge in [0.2, 0.25) is 0 Å². The van der Waals surface area contributed by atoms with E-state index in [1.54, 1.807) is 6.33 Å². The van der Waals surface area contributed by atoms with E-state index in [2.05, 4.69) is 29.2 Å². The van der Waals surface area contributed by atoms with E-state index in [0.717, 1.165) is 37.6 Å². The quantitative estimate of drug-likeness (QED) is 0.727. The first-order valence-corrected chi connectivity index (χ1v) is 5.97. The minimum Gasteiger partial charge on any atom is -0.307 e. The molecule has 0 aliphatic carbocycles. The van der Waals surface area contributed by atoms with Crippen molar-refractivity contribution in [3.63, 3.8) is 0 Å². The van der Waals surface area contributed by atoms with Gasteiger partial charge in [-0.3, -0.25) is 0 Å². The van der Waals surface area contributed by atoms with Gasteiger partial charge in [0.05, 0.1) is 6.54 Å². The first-order chi connectivity index (χ1) is 7.27. The number of aryl methyl sites for hydroxylation is 1. The molecule has 0 saturated carbocycles. The summed E-state index contributed by atoms with van der Waals surface area (Å²) >= 11 is 5.64. The summed E-state index contributed by atoms with van der Waals surface area (Å²) in [4.78, 5) is 4.20. The third kappa shape index (κ3) is 4.18. The Labute approximate surface area is 96.0 Å². The molecule has 0 aliphatic heterocycles. The van der Waals surface area contributed by atoms with Gasteiger partial charge in [-0.05, 0) is 26.7 Å². The van der Waals surface area contributed by atoms with Gasteiger partial charge in [0, 0.05) is 18.5 Å². The molecular weight excluding hydrogens is 212 g/mol. The molecule has 0 aromatic carbocycles. The van der Waals surface area contributed by atoms with Crippen molar-refractivity contribution in [2.75, 3.05) is 5.88 Å². The molecule has 0 aliphatic rings. The van der Waals surface area contributed by atoms with Crippen LogP contribution in [0.3, 0.4) is 0 Å². The second-order valence-corrected chi connectivity index (χ2v) is 3.98. The van der Waals surface area contributed by atoms with Crippen LogP contribution in [0.15, 0.2) is 6.33 Å². The van der Waals surface area contributed by atoms with Crippen molar-refractivity contribution < 1.29 is 0 Å². The molecule has 1 atom stereocenters. The van der Waals surface area contributed by atoms with Crippen molar-refractivity contribution in [1.82, 2.24) is 20.1 Å². The maximum atomic E-state index is 5.64. The smallest absolute Gasteiger partial charge is 0.140 e. The summed E-state index contributed by atoms with van der Waals surface area (Å²) in [5.74, 6) is 1.73. The predicted molar refractivity (Wildman–Crippen MR) is 62.0 cm³/mol. The summed E-state index contributed by atoms with van der Waals surface area (Å²) < 4.78 is 1.90. The lowest BCUT2D eigenvalue weighted by Gasteiger charge is -2.12. The predicted octanol–water partition coefficient (Wildman–Crippen LogP) is 1.80. The Kier molecular flexibility index (Phi) is 5.65. The van der Waals surface area contributed by atoms with Gasteiger partial charge in [0.1, 0.15) is 12.2 Å². The Morgan fingerprint density at radius 3 is 3.07 bits per heavy atom. The zero-order chi connectivity index (χ0) is 11.1. The van der Waals surface area contributed by atoms with Crippen LogP contribution in [0, 0.1) is 0 Å². The summed E-state index contributed by atoms with van der Waals surface area (Å²) in [7, 11) is 0. The van der Waals surface area contributed by atoms with Crippen molar-refractivity contribution in [2.45, 2.75) is 45.8 Å². The van der Waals surface area contributed by atoms with Gasteiger partial charge >= 0.3 is 0 Å². The number of rotatable bonds is 7. The van der Waals surface area contributed by atoms with E-state index in [1.807, 2.05) is 4.68 Å². The molecule has 0 radical (unpaired) electrons. The third-order valence-electron chi connectivity index (χ3n) is 2.37. The van der Waals surface area contributed by atoms with E-state index in [-0.39, 0.29) is 0 Å². The molecular formula is C10H19ClN4. The summed E-state index contributed by atoms with van der Waals surface area (Å²) in [6.07, 6.45) is 3.75. The van der Waals surface area contributed by atoms with Crippen molar-refractivity contribution in [3.8, 4) is 0 Å². The summed E-state index contributed by atoms with van der Waals surface area (Å²) in [5, 5.41) is 7.53. The first-order valence-electron chi connectivity index (χ1n) is 5.44. The lowest BCUT2D eigenvalue weighted by atomic mass is 10.2. The van der Waals surface area contributed by atoms with Gasteiger partial charge < -0.3 is 5.32 Å². The second-order valence-electron chi connectivity index (χ2n) is 3.61. The average Bonchev–Trinajstić information content (AvgIpc) is 2.70. The molecule has 1 heterocycles. The van der Waals surface area contributed by atoms with Crippen LogP contribution in [0.25, 0.3) is 0 Å². The highest BCUT2D eigenvalue weighted by atomic mass is 35.5. The highest BCUT2D eigenvalue weighted by molar-refractivity contribution is 6.17. The topological polar surface area (TPSA) is 42.7 Å². The van der Waals surface area contributed by atoms with Crippen molar-refractivity contribution >= 4 is 11.6 Å². The van der Waals surface area contributed by atoms with Gasteiger partial charge in [0.25, 0.3) is 0 Å². The fourth-order valence-corrected chi connectivity index (χ4v) is 1.59. The minimum atomic E-state index is 0.478. The monoisotopic (exact) mass is 230 g/mol. The van der Waals surface area contributed by atoms with Gasteiger partial charge in [-0.1, -0.05) is 0 Å². The Hall–Kier alpha value is -0.610. The highest BCUT2D eigenvalue weighted by Gasteiger charge is 2.05. The zero-order valence-corrected chi connectivity index (χ0v) is 10.2. The standard InChI is InChI=1S/C10H19ClN4/c1-3-15-10(13-8-14-15)7-12-9(2)5-4-6-11/h8-9,12H,3-7H2,1-2H3. The third-order valence-corrected chi connectivity index (χ3v) is 2.64. The summed E-state index contributed by atoms with van der Waals surface area (Å²) in [5.41, 5.74) is 0. The van der Waals surface area contributed by atoms with E-state index in [4.69, 9.17) is 11.6 Å². The van der Waals surface area contributed by atoms with Crippen LogP contribution >= 0.6 is 11.6 Å². The van der Waals surface area contributed by atoms with E-state index >= 15 is 0 Å². The highest BCUT2D eigenvalue weighted by Crippen LogP contribution is 2.00. The van der Waals surface area contributed by atoms with Crippen molar-refractivity contribution in [2.24, 2.45) is 0 Å². The first kappa shape index (κ1) is 12.5. The Morgan fingerprint density at radius 2 is 2.40 bits per heavy atom. The van der Waals surface area contributed by atoms with Gasteiger partial charge in [-0.15, -0.1) is 11.6 Å². The molecule has 0 fully saturated rings. The zero-order valence-electron chi connectivity index (χ0n) is 9.41. The normalized spacial score (nSPS) is 13.0. The number of hydrogen-bond acceptors (Lipinski definition) is 3. The lowest BCUT2D eigenvalue weighted by Crippen LogP contribution is -2.27. The number of nitrogens with one attached hydrogen (secondary N) is 1. The van der Waals surface area contributed by atoms with E-state index in [0.29, 0.717) is 6.04 Å². The fourth-order valence-electron chi connectivity index (χ4n) is 1.44. The average molecular weight is 231 g/mol. The van der Waals surface area contributed by atoms with Crippen molar-refractivity contribution in [3.05, 3.63) is 12.2 Å². The Bertz CT molecular complexity index is 274. The number of alkyl halides is 1. The van der Waals surface area contributed by atoms with Crippen LogP contribution in [-0.2, 0) is 13.1 Å². The Balaban J connectivity index is 2.30. The molecule has 1 aromatic rings. The van der Waals surface area contributed by atoms with Crippen LogP contribution in [0.4, 0.5) is 0 Å². The van der Waals surface area contributed by atoms with Gasteiger partial charge in [-0.2, -0.15) is 5.10 Å². The molecule has 0 bridgehead atoms. The van der Waals surface area contributed by atoms with Gasteiger partial charge in [-0.25, -0.2) is 9.67 Å². The molecule has 1 aromatic heterocycles. The molecule has 0 amide bonds. The lowest BCUT2D eigenvalue weighted by molar-refractivity contribution is 0.483. The van der Waals surface area contributed by atoms with Crippen LogP contribution in [-0.4, -0.2) is 26.7 Å². The number of hydrogen-bond donors (Lipinski definition) is 1. The molecule has 4 nitrogen and oxygen atoms in total. The van der Waals surface area contributed by atoms with Gasteiger partial charge in [0.15, 0.2) is 0 Å². The largest absolute Gasteiger partial charge is 0.307 e. The maximum absolute atomic E-state index is 5.64. The molecule has 1 N–H and O–H groups in total. The number of aromatic nitrogens is 3. The van der Waals surface area contributed by atoms with Crippen molar-refractivity contribution in [1.29, 1.82) is 0 Å². The van der Waals surface area contributed by atoms with E-state index in [1.165, 1.54) is 0 Å². The van der Waals surface area contributed by atoms with Crippen LogP contribution < -0.4 is 5.32 Å². The molecule has 86 valence electrons. The minimum absolute atomic E-state index is 0.478. The van der Waals surface area contributed by atoms with Crippen LogP contribution in [0.5, 0.6) is 0 Å². The molecule has 1 unspecified atom stereocenters. The van der Waals surface area contributed by atoms with E-state index in [9.17, 15) is 0 Å². The van der Waals surface area contributed by atoms with Crippen LogP contribution in [0.1, 0.15) is 32.5 Å². The maximum Gasteiger partial charge on any atom is 0.140 e. The SMILES string of the molecule is CCn1ncnc1CNC(C)CCCCl. The molecule has 0 saturated heterocycles. The summed E-state index contributed by atoms with van der Waals surface area (Å²) in [6.45, 7) is 5.87. The molecule has 15 heavy (non-hydrogen) atoms. The number of nitrogens with zero attached hydrogens (tertiary/aromatic N) is 3. The van der Waals surface area contributed by atoms with E-state index < -0.39 is 0 Å². The number of halogens is 1.